The zero-order chi connectivity index (χ0) is 28.2. The Labute approximate surface area is 239 Å². The van der Waals surface area contributed by atoms with Crippen LogP contribution in [0.2, 0.25) is 0 Å². The minimum Gasteiger partial charge on any atom is -0.394 e. The van der Waals surface area contributed by atoms with E-state index in [1.807, 2.05) is 85.5 Å². The Morgan fingerprint density at radius 3 is 2.52 bits per heavy atom. The zero-order valence-electron chi connectivity index (χ0n) is 23.1. The van der Waals surface area contributed by atoms with Crippen LogP contribution in [0.1, 0.15) is 23.6 Å². The smallest absolute Gasteiger partial charge is 0.251 e. The van der Waals surface area contributed by atoms with Gasteiger partial charge in [0, 0.05) is 30.6 Å². The third kappa shape index (κ3) is 4.11. The lowest BCUT2D eigenvalue weighted by molar-refractivity contribution is -0.144. The molecular formula is C32H35N3O4S. The van der Waals surface area contributed by atoms with Crippen molar-refractivity contribution in [2.45, 2.75) is 49.4 Å². The summed E-state index contributed by atoms with van der Waals surface area (Å²) in [6.45, 7) is 6.80. The summed E-state index contributed by atoms with van der Waals surface area (Å²) < 4.78 is -0.908. The van der Waals surface area contributed by atoms with E-state index >= 15 is 0 Å². The minimum absolute atomic E-state index is 0.0599. The Hall–Kier alpha value is -3.36. The third-order valence-corrected chi connectivity index (χ3v) is 10.5. The van der Waals surface area contributed by atoms with Crippen LogP contribution in [0.3, 0.4) is 0 Å². The second-order valence-corrected chi connectivity index (χ2v) is 12.9. The van der Waals surface area contributed by atoms with Gasteiger partial charge in [0.2, 0.25) is 11.8 Å². The van der Waals surface area contributed by atoms with E-state index in [0.29, 0.717) is 19.6 Å². The molecule has 0 aliphatic carbocycles. The lowest BCUT2D eigenvalue weighted by Crippen LogP contribution is -2.56. The topological polar surface area (TPSA) is 81.2 Å². The molecule has 3 amide bonds. The fraction of sp³-hybridized carbons (Fsp3) is 0.406. The van der Waals surface area contributed by atoms with Gasteiger partial charge >= 0.3 is 0 Å². The second kappa shape index (κ2) is 10.2. The maximum atomic E-state index is 14.5. The number of hydrogen-bond acceptors (Lipinski definition) is 5. The van der Waals surface area contributed by atoms with Crippen molar-refractivity contribution in [3.63, 3.8) is 0 Å². The number of aryl methyl sites for hydroxylation is 2. The molecule has 4 heterocycles. The Bertz CT molecular complexity index is 1410. The van der Waals surface area contributed by atoms with E-state index in [1.165, 1.54) is 0 Å². The normalized spacial score (nSPS) is 30.2. The molecule has 1 unspecified atom stereocenters. The summed E-state index contributed by atoms with van der Waals surface area (Å²) in [6.07, 6.45) is 8.09. The van der Waals surface area contributed by atoms with Crippen molar-refractivity contribution in [2.24, 2.45) is 11.8 Å². The summed E-state index contributed by atoms with van der Waals surface area (Å²) in [7, 11) is 0. The van der Waals surface area contributed by atoms with Crippen LogP contribution in [0.25, 0.3) is 0 Å². The van der Waals surface area contributed by atoms with Gasteiger partial charge in [0.1, 0.15) is 6.04 Å². The molecule has 2 aromatic carbocycles. The first-order chi connectivity index (χ1) is 19.3. The molecule has 1 N–H and O–H groups in total. The van der Waals surface area contributed by atoms with Crippen LogP contribution in [0, 0.1) is 25.7 Å². The quantitative estimate of drug-likeness (QED) is 0.570. The molecule has 7 nitrogen and oxygen atoms in total. The average Bonchev–Trinajstić information content (AvgIpc) is 3.28. The number of fused-ring (bicyclic) bond motifs is 2. The van der Waals surface area contributed by atoms with Gasteiger partial charge in [-0.1, -0.05) is 66.8 Å². The van der Waals surface area contributed by atoms with E-state index in [1.54, 1.807) is 28.5 Å². The predicted molar refractivity (Wildman–Crippen MR) is 157 cm³/mol. The van der Waals surface area contributed by atoms with Gasteiger partial charge in [-0.25, -0.2) is 0 Å². The molecule has 208 valence electrons. The molecule has 1 spiro atoms. The number of carbonyl (C=O) groups is 3. The maximum absolute atomic E-state index is 14.5. The summed E-state index contributed by atoms with van der Waals surface area (Å²) in [5, 5.41) is 9.97. The maximum Gasteiger partial charge on any atom is 0.251 e. The van der Waals surface area contributed by atoms with Gasteiger partial charge in [0.05, 0.1) is 29.2 Å². The number of aliphatic hydroxyl groups is 1. The zero-order valence-corrected chi connectivity index (χ0v) is 23.9. The van der Waals surface area contributed by atoms with Gasteiger partial charge in [0.15, 0.2) is 0 Å². The van der Waals surface area contributed by atoms with Gasteiger partial charge < -0.3 is 19.8 Å². The standard InChI is InChI=1S/C32H35N3O4S/c1-20-12-13-21(2)24(17-20)34-16-8-14-32-27(30(38)35(22(3)19-36)28(32)31(34)39)26-25(40-32)11-7-15-33(29(26)37)18-23-9-5-4-6-10-23/h4-14,17,22,25-28,36H,15-16,18-19H2,1-3H3/t22-,25+,26-,27+,28?,32+/m1/s1. The van der Waals surface area contributed by atoms with Crippen LogP contribution < -0.4 is 4.90 Å². The average molecular weight is 558 g/mol. The Morgan fingerprint density at radius 2 is 1.77 bits per heavy atom. The number of likely N-dealkylation sites (tertiary alicyclic amines) is 1. The third-order valence-electron chi connectivity index (χ3n) is 8.79. The highest BCUT2D eigenvalue weighted by molar-refractivity contribution is 8.02. The molecule has 4 aliphatic rings. The highest BCUT2D eigenvalue weighted by atomic mass is 32.2. The Morgan fingerprint density at radius 1 is 1.00 bits per heavy atom. The summed E-state index contributed by atoms with van der Waals surface area (Å²) >= 11 is 1.57. The van der Waals surface area contributed by atoms with Crippen molar-refractivity contribution < 1.29 is 19.5 Å². The molecule has 6 atom stereocenters. The fourth-order valence-electron chi connectivity index (χ4n) is 6.86. The second-order valence-electron chi connectivity index (χ2n) is 11.4. The largest absolute Gasteiger partial charge is 0.394 e. The van der Waals surface area contributed by atoms with Crippen LogP contribution in [0.4, 0.5) is 5.69 Å². The van der Waals surface area contributed by atoms with E-state index in [9.17, 15) is 19.5 Å². The lowest BCUT2D eigenvalue weighted by Gasteiger charge is -2.37. The molecule has 40 heavy (non-hydrogen) atoms. The van der Waals surface area contributed by atoms with Crippen LogP contribution in [0.5, 0.6) is 0 Å². The molecule has 0 bridgehead atoms. The first-order valence-electron chi connectivity index (χ1n) is 13.9. The molecule has 8 heteroatoms. The SMILES string of the molecule is Cc1ccc(C)c(N2CC=C[C@]34S[C@H]5C=CCN(Cc6ccccc6)C(=O)[C@H]5[C@H]3C(=O)N([C@H](C)CO)C4C2=O)c1. The number of aliphatic hydroxyl groups excluding tert-OH is 1. The van der Waals surface area contributed by atoms with E-state index < -0.39 is 28.7 Å². The van der Waals surface area contributed by atoms with Gasteiger partial charge in [-0.15, -0.1) is 11.8 Å². The molecule has 0 radical (unpaired) electrons. The molecule has 6 rings (SSSR count). The van der Waals surface area contributed by atoms with Gasteiger partial charge in [-0.3, -0.25) is 14.4 Å². The van der Waals surface area contributed by atoms with Crippen molar-refractivity contribution in [1.82, 2.24) is 9.80 Å². The Kier molecular flexibility index (Phi) is 6.87. The molecule has 2 aromatic rings. The highest BCUT2D eigenvalue weighted by Crippen LogP contribution is 2.61. The monoisotopic (exact) mass is 557 g/mol. The van der Waals surface area contributed by atoms with Crippen molar-refractivity contribution in [3.8, 4) is 0 Å². The van der Waals surface area contributed by atoms with E-state index in [-0.39, 0.29) is 29.6 Å². The lowest BCUT2D eigenvalue weighted by atomic mass is 9.78. The molecule has 2 saturated heterocycles. The number of anilines is 1. The number of benzene rings is 2. The van der Waals surface area contributed by atoms with Crippen LogP contribution in [0.15, 0.2) is 72.8 Å². The minimum atomic E-state index is -0.908. The van der Waals surface area contributed by atoms with Crippen molar-refractivity contribution >= 4 is 35.2 Å². The summed E-state index contributed by atoms with van der Waals surface area (Å²) in [5.74, 6) is -1.75. The van der Waals surface area contributed by atoms with Crippen molar-refractivity contribution in [1.29, 1.82) is 0 Å². The summed E-state index contributed by atoms with van der Waals surface area (Å²) in [4.78, 5) is 48.3. The number of rotatable bonds is 5. The number of hydrogen-bond donors (Lipinski definition) is 1. The van der Waals surface area contributed by atoms with Crippen molar-refractivity contribution in [2.75, 3.05) is 24.6 Å². The van der Waals surface area contributed by atoms with Gasteiger partial charge in [0.25, 0.3) is 5.91 Å². The first kappa shape index (κ1) is 26.8. The van der Waals surface area contributed by atoms with E-state index in [4.69, 9.17) is 0 Å². The first-order valence-corrected chi connectivity index (χ1v) is 14.8. The van der Waals surface area contributed by atoms with Gasteiger partial charge in [-0.2, -0.15) is 0 Å². The predicted octanol–water partition coefficient (Wildman–Crippen LogP) is 3.48. The van der Waals surface area contributed by atoms with E-state index in [0.717, 1.165) is 22.4 Å². The number of carbonyl (C=O) groups excluding carboxylic acids is 3. The Balaban J connectivity index is 1.43. The van der Waals surface area contributed by atoms with Crippen molar-refractivity contribution in [3.05, 3.63) is 89.5 Å². The summed E-state index contributed by atoms with van der Waals surface area (Å²) in [5.41, 5.74) is 3.87. The van der Waals surface area contributed by atoms with Crippen LogP contribution in [-0.4, -0.2) is 74.4 Å². The molecule has 0 saturated carbocycles. The number of nitrogens with zero attached hydrogens (tertiary/aromatic N) is 3. The van der Waals surface area contributed by atoms with E-state index in [2.05, 4.69) is 6.08 Å². The molecule has 2 fully saturated rings. The molecule has 0 aromatic heterocycles. The number of thioether (sulfide) groups is 1. The molecule has 4 aliphatic heterocycles. The number of amides is 3. The highest BCUT2D eigenvalue weighted by Gasteiger charge is 2.71. The summed E-state index contributed by atoms with van der Waals surface area (Å²) in [6, 6.07) is 14.5. The van der Waals surface area contributed by atoms with Crippen LogP contribution in [-0.2, 0) is 20.9 Å². The van der Waals surface area contributed by atoms with Gasteiger partial charge in [-0.05, 0) is 43.5 Å². The molecular weight excluding hydrogens is 522 g/mol. The van der Waals surface area contributed by atoms with Crippen LogP contribution >= 0.6 is 11.8 Å². The fourth-order valence-corrected chi connectivity index (χ4v) is 8.86.